The maximum atomic E-state index is 12.9. The fourth-order valence-corrected chi connectivity index (χ4v) is 3.82. The lowest BCUT2D eigenvalue weighted by Gasteiger charge is -2.10. The predicted octanol–water partition coefficient (Wildman–Crippen LogP) is 6.85. The van der Waals surface area contributed by atoms with Crippen LogP contribution in [0, 0.1) is 6.92 Å². The molecule has 6 heteroatoms. The van der Waals surface area contributed by atoms with E-state index in [-0.39, 0.29) is 5.91 Å². The number of anilines is 1. The van der Waals surface area contributed by atoms with E-state index in [1.807, 2.05) is 72.3 Å². The zero-order valence-corrected chi connectivity index (χ0v) is 20.3. The summed E-state index contributed by atoms with van der Waals surface area (Å²) < 4.78 is 7.73. The third-order valence-corrected chi connectivity index (χ3v) is 6.01. The molecular weight excluding hydrogens is 446 g/mol. The summed E-state index contributed by atoms with van der Waals surface area (Å²) in [6.45, 7) is 7.19. The lowest BCUT2D eigenvalue weighted by Crippen LogP contribution is -2.13. The Morgan fingerprint density at radius 2 is 1.79 bits per heavy atom. The smallest absolute Gasteiger partial charge is 0.256 e. The summed E-state index contributed by atoms with van der Waals surface area (Å²) in [4.78, 5) is 12.9. The molecule has 0 unspecified atom stereocenters. The minimum Gasteiger partial charge on any atom is -0.489 e. The van der Waals surface area contributed by atoms with Gasteiger partial charge in [-0.1, -0.05) is 67.9 Å². The summed E-state index contributed by atoms with van der Waals surface area (Å²) in [7, 11) is 0. The summed E-state index contributed by atoms with van der Waals surface area (Å²) in [6, 6.07) is 25.1. The average molecular weight is 474 g/mol. The molecule has 0 fully saturated rings. The number of carbonyl (C=O) groups is 1. The van der Waals surface area contributed by atoms with Crippen LogP contribution in [-0.2, 0) is 13.2 Å². The molecular formula is C28H28ClN3O2. The van der Waals surface area contributed by atoms with Crippen molar-refractivity contribution in [3.05, 3.63) is 112 Å². The summed E-state index contributed by atoms with van der Waals surface area (Å²) in [6.07, 6.45) is 0. The minimum atomic E-state index is -0.217. The molecule has 34 heavy (non-hydrogen) atoms. The standard InChI is InChI=1S/C28H28ClN3O2/c1-19(2)22-11-13-25(14-12-22)34-18-21-7-6-9-23(16-21)28(33)30-27-15-20(3)32(31-27)17-24-8-4-5-10-26(24)29/h4-16,19H,17-18H2,1-3H3,(H,30,31,33). The number of hydrogen-bond acceptors (Lipinski definition) is 3. The van der Waals surface area contributed by atoms with Gasteiger partial charge in [-0.15, -0.1) is 0 Å². The van der Waals surface area contributed by atoms with E-state index in [1.165, 1.54) is 5.56 Å². The highest BCUT2D eigenvalue weighted by Crippen LogP contribution is 2.21. The van der Waals surface area contributed by atoms with Gasteiger partial charge in [-0.25, -0.2) is 0 Å². The molecule has 1 aromatic heterocycles. The largest absolute Gasteiger partial charge is 0.489 e. The van der Waals surface area contributed by atoms with E-state index >= 15 is 0 Å². The summed E-state index contributed by atoms with van der Waals surface area (Å²) >= 11 is 6.28. The van der Waals surface area contributed by atoms with E-state index in [1.54, 1.807) is 6.07 Å². The number of ether oxygens (including phenoxy) is 1. The summed E-state index contributed by atoms with van der Waals surface area (Å²) in [5.74, 6) is 1.57. The van der Waals surface area contributed by atoms with E-state index in [0.29, 0.717) is 35.5 Å². The van der Waals surface area contributed by atoms with Crippen molar-refractivity contribution in [2.24, 2.45) is 0 Å². The number of aromatic nitrogens is 2. The molecule has 0 saturated carbocycles. The number of rotatable bonds is 8. The van der Waals surface area contributed by atoms with E-state index in [9.17, 15) is 4.79 Å². The second-order valence-corrected chi connectivity index (χ2v) is 8.99. The van der Waals surface area contributed by atoms with Crippen LogP contribution in [0.15, 0.2) is 78.9 Å². The Labute approximate surface area is 205 Å². The maximum absolute atomic E-state index is 12.9. The van der Waals surface area contributed by atoms with Gasteiger partial charge in [-0.2, -0.15) is 5.10 Å². The Morgan fingerprint density at radius 3 is 2.53 bits per heavy atom. The lowest BCUT2D eigenvalue weighted by molar-refractivity contribution is 0.102. The molecule has 5 nitrogen and oxygen atoms in total. The first kappa shape index (κ1) is 23.6. The maximum Gasteiger partial charge on any atom is 0.256 e. The van der Waals surface area contributed by atoms with Gasteiger partial charge < -0.3 is 10.1 Å². The molecule has 1 amide bonds. The number of aryl methyl sites for hydroxylation is 1. The van der Waals surface area contributed by atoms with Crippen molar-refractivity contribution in [1.29, 1.82) is 0 Å². The highest BCUT2D eigenvalue weighted by Gasteiger charge is 2.12. The quantitative estimate of drug-likeness (QED) is 0.304. The topological polar surface area (TPSA) is 56.1 Å². The first-order chi connectivity index (χ1) is 16.4. The number of amides is 1. The van der Waals surface area contributed by atoms with Crippen molar-refractivity contribution < 1.29 is 9.53 Å². The minimum absolute atomic E-state index is 0.217. The number of benzene rings is 3. The number of carbonyl (C=O) groups excluding carboxylic acids is 1. The highest BCUT2D eigenvalue weighted by atomic mass is 35.5. The Balaban J connectivity index is 1.39. The van der Waals surface area contributed by atoms with Gasteiger partial charge in [0.15, 0.2) is 5.82 Å². The monoisotopic (exact) mass is 473 g/mol. The van der Waals surface area contributed by atoms with Crippen molar-refractivity contribution in [3.8, 4) is 5.75 Å². The molecule has 3 aromatic carbocycles. The Kier molecular flexibility index (Phi) is 7.33. The van der Waals surface area contributed by atoms with Crippen LogP contribution >= 0.6 is 11.6 Å². The van der Waals surface area contributed by atoms with Crippen molar-refractivity contribution in [1.82, 2.24) is 9.78 Å². The molecule has 0 atom stereocenters. The summed E-state index contributed by atoms with van der Waals surface area (Å²) in [5.41, 5.74) is 4.65. The van der Waals surface area contributed by atoms with E-state index in [0.717, 1.165) is 22.6 Å². The van der Waals surface area contributed by atoms with Crippen LogP contribution < -0.4 is 10.1 Å². The van der Waals surface area contributed by atoms with Gasteiger partial charge in [0.05, 0.1) is 6.54 Å². The summed E-state index contributed by atoms with van der Waals surface area (Å²) in [5, 5.41) is 8.12. The Hall–Kier alpha value is -3.57. The van der Waals surface area contributed by atoms with Crippen LogP contribution in [0.1, 0.15) is 52.5 Å². The van der Waals surface area contributed by atoms with Crippen LogP contribution in [0.4, 0.5) is 5.82 Å². The number of hydrogen-bond donors (Lipinski definition) is 1. The molecule has 0 spiro atoms. The molecule has 0 aliphatic heterocycles. The van der Waals surface area contributed by atoms with Crippen molar-refractivity contribution in [2.75, 3.05) is 5.32 Å². The third kappa shape index (κ3) is 5.86. The van der Waals surface area contributed by atoms with Gasteiger partial charge in [-0.3, -0.25) is 9.48 Å². The number of nitrogens with zero attached hydrogens (tertiary/aromatic N) is 2. The molecule has 0 bridgehead atoms. The normalized spacial score (nSPS) is 11.0. The Bertz CT molecular complexity index is 1280. The first-order valence-electron chi connectivity index (χ1n) is 11.3. The lowest BCUT2D eigenvalue weighted by atomic mass is 10.0. The van der Waals surface area contributed by atoms with Crippen molar-refractivity contribution >= 4 is 23.3 Å². The zero-order chi connectivity index (χ0) is 24.1. The Morgan fingerprint density at radius 1 is 1.03 bits per heavy atom. The fourth-order valence-electron chi connectivity index (χ4n) is 3.63. The first-order valence-corrected chi connectivity index (χ1v) is 11.7. The molecule has 0 radical (unpaired) electrons. The van der Waals surface area contributed by atoms with Gasteiger partial charge in [0.25, 0.3) is 5.91 Å². The SMILES string of the molecule is Cc1cc(NC(=O)c2cccc(COc3ccc(C(C)C)cc3)c2)nn1Cc1ccccc1Cl. The highest BCUT2D eigenvalue weighted by molar-refractivity contribution is 6.31. The second-order valence-electron chi connectivity index (χ2n) is 8.59. The predicted molar refractivity (Wildman–Crippen MR) is 137 cm³/mol. The fraction of sp³-hybridized carbons (Fsp3) is 0.214. The average Bonchev–Trinajstić information content (AvgIpc) is 3.18. The van der Waals surface area contributed by atoms with Gasteiger partial charge >= 0.3 is 0 Å². The molecule has 0 saturated heterocycles. The number of nitrogens with one attached hydrogen (secondary N) is 1. The van der Waals surface area contributed by atoms with E-state index in [2.05, 4.69) is 36.4 Å². The number of halogens is 1. The molecule has 4 rings (SSSR count). The van der Waals surface area contributed by atoms with Gasteiger partial charge in [-0.05, 0) is 59.9 Å². The van der Waals surface area contributed by atoms with Crippen LogP contribution in [0.5, 0.6) is 5.75 Å². The molecule has 1 N–H and O–H groups in total. The van der Waals surface area contributed by atoms with Crippen LogP contribution in [0.3, 0.4) is 0 Å². The van der Waals surface area contributed by atoms with E-state index < -0.39 is 0 Å². The molecule has 4 aromatic rings. The second kappa shape index (κ2) is 10.6. The van der Waals surface area contributed by atoms with Gasteiger partial charge in [0.2, 0.25) is 0 Å². The molecule has 1 heterocycles. The molecule has 0 aliphatic rings. The van der Waals surface area contributed by atoms with Crippen molar-refractivity contribution in [3.63, 3.8) is 0 Å². The van der Waals surface area contributed by atoms with E-state index in [4.69, 9.17) is 16.3 Å². The third-order valence-electron chi connectivity index (χ3n) is 5.64. The van der Waals surface area contributed by atoms with Crippen molar-refractivity contribution in [2.45, 2.75) is 39.8 Å². The van der Waals surface area contributed by atoms with Crippen LogP contribution in [0.25, 0.3) is 0 Å². The van der Waals surface area contributed by atoms with Gasteiger partial charge in [0, 0.05) is 22.3 Å². The zero-order valence-electron chi connectivity index (χ0n) is 19.6. The molecule has 0 aliphatic carbocycles. The van der Waals surface area contributed by atoms with Crippen LogP contribution in [-0.4, -0.2) is 15.7 Å². The van der Waals surface area contributed by atoms with Crippen LogP contribution in [0.2, 0.25) is 5.02 Å². The van der Waals surface area contributed by atoms with Gasteiger partial charge in [0.1, 0.15) is 12.4 Å². The molecule has 174 valence electrons.